The summed E-state index contributed by atoms with van der Waals surface area (Å²) in [6.45, 7) is 3.52. The van der Waals surface area contributed by atoms with Gasteiger partial charge in [-0.25, -0.2) is 0 Å². The molecule has 1 amide bonds. The van der Waals surface area contributed by atoms with Gasteiger partial charge in [-0.1, -0.05) is 180 Å². The van der Waals surface area contributed by atoms with Crippen molar-refractivity contribution in [2.45, 2.75) is 198 Å². The lowest BCUT2D eigenvalue weighted by Gasteiger charge is -2.40. The van der Waals surface area contributed by atoms with Crippen LogP contribution in [0.15, 0.2) is 134 Å². The lowest BCUT2D eigenvalue weighted by Crippen LogP contribution is -2.60. The molecular weight excluding hydrogens is 815 g/mol. The van der Waals surface area contributed by atoms with E-state index in [1.807, 2.05) is 6.08 Å². The van der Waals surface area contributed by atoms with Crippen LogP contribution in [0.2, 0.25) is 0 Å². The zero-order valence-corrected chi connectivity index (χ0v) is 40.2. The number of aliphatic hydroxyl groups is 5. The zero-order valence-electron chi connectivity index (χ0n) is 40.2. The molecule has 1 saturated heterocycles. The van der Waals surface area contributed by atoms with E-state index in [9.17, 15) is 30.3 Å². The quantitative estimate of drug-likeness (QED) is 0.0264. The van der Waals surface area contributed by atoms with E-state index in [1.165, 1.54) is 0 Å². The lowest BCUT2D eigenvalue weighted by atomic mass is 9.99. The van der Waals surface area contributed by atoms with Crippen molar-refractivity contribution in [1.29, 1.82) is 0 Å². The number of hydrogen-bond acceptors (Lipinski definition) is 8. The highest BCUT2D eigenvalue weighted by molar-refractivity contribution is 5.76. The minimum atomic E-state index is -1.58. The summed E-state index contributed by atoms with van der Waals surface area (Å²) in [5.41, 5.74) is 0. The monoisotopic (exact) mass is 904 g/mol. The highest BCUT2D eigenvalue weighted by atomic mass is 16.7. The molecule has 7 unspecified atom stereocenters. The van der Waals surface area contributed by atoms with Crippen molar-refractivity contribution in [1.82, 2.24) is 5.32 Å². The third kappa shape index (κ3) is 34.3. The third-order valence-electron chi connectivity index (χ3n) is 10.7. The van der Waals surface area contributed by atoms with Crippen LogP contribution in [0, 0.1) is 0 Å². The molecule has 0 spiro atoms. The topological polar surface area (TPSA) is 149 Å². The standard InChI is InChI=1S/C56H89NO8/c1-3-5-7-9-11-13-15-16-17-18-19-20-21-22-23-24-25-26-27-28-29-30-31-32-33-34-36-38-40-42-44-46-52(60)57-49(48-64-56-55(63)54(62)53(61)51(47-58)65-56)50(59)45-43-41-39-37-35-14-12-10-8-6-4-2/h5,7-8,10-11,13,16-17,19-20,22-23,25-26,28-29,31-32,35,37,43,45,49-51,53-56,58-59,61-63H,3-4,6,9,12,14-15,18,21,24,27,30,33-34,36,38-42,44,46-48H2,1-2H3,(H,57,60)/b7-5-,10-8+,13-11-,17-16-,20-19-,23-22-,26-25-,29-28-,32-31-,37-35+,45-43+. The van der Waals surface area contributed by atoms with Gasteiger partial charge in [0.25, 0.3) is 0 Å². The van der Waals surface area contributed by atoms with Gasteiger partial charge in [-0.2, -0.15) is 0 Å². The van der Waals surface area contributed by atoms with Crippen molar-refractivity contribution in [3.8, 4) is 0 Å². The van der Waals surface area contributed by atoms with Crippen LogP contribution < -0.4 is 5.32 Å². The fourth-order valence-electron chi connectivity index (χ4n) is 6.74. The molecule has 366 valence electrons. The fraction of sp³-hybridized carbons (Fsp3) is 0.589. The summed E-state index contributed by atoms with van der Waals surface area (Å²) in [5.74, 6) is -0.215. The summed E-state index contributed by atoms with van der Waals surface area (Å²) in [6.07, 6.45) is 60.8. The molecule has 1 heterocycles. The van der Waals surface area contributed by atoms with Crippen LogP contribution in [0.4, 0.5) is 0 Å². The van der Waals surface area contributed by atoms with Gasteiger partial charge in [0.15, 0.2) is 6.29 Å². The number of rotatable bonds is 39. The summed E-state index contributed by atoms with van der Waals surface area (Å²) in [6, 6.07) is -0.845. The van der Waals surface area contributed by atoms with E-state index in [2.05, 4.69) is 141 Å². The van der Waals surface area contributed by atoms with Crippen LogP contribution in [0.3, 0.4) is 0 Å². The van der Waals surface area contributed by atoms with E-state index in [-0.39, 0.29) is 12.5 Å². The first kappa shape index (κ1) is 59.3. The zero-order chi connectivity index (χ0) is 47.3. The highest BCUT2D eigenvalue weighted by Gasteiger charge is 2.44. The maximum Gasteiger partial charge on any atom is 0.220 e. The Balaban J connectivity index is 2.26. The molecular formula is C56H89NO8. The molecule has 9 nitrogen and oxygen atoms in total. The van der Waals surface area contributed by atoms with Gasteiger partial charge in [0.05, 0.1) is 25.4 Å². The molecule has 0 aliphatic carbocycles. The molecule has 9 heteroatoms. The molecule has 65 heavy (non-hydrogen) atoms. The Labute approximate surface area is 394 Å². The molecule has 0 aromatic rings. The average Bonchev–Trinajstić information content (AvgIpc) is 3.31. The molecule has 0 saturated carbocycles. The third-order valence-corrected chi connectivity index (χ3v) is 10.7. The Morgan fingerprint density at radius 3 is 1.46 bits per heavy atom. The first-order chi connectivity index (χ1) is 31.8. The van der Waals surface area contributed by atoms with Gasteiger partial charge < -0.3 is 40.3 Å². The first-order valence-corrected chi connectivity index (χ1v) is 24.9. The molecule has 1 aliphatic heterocycles. The number of hydrogen-bond donors (Lipinski definition) is 6. The predicted molar refractivity (Wildman–Crippen MR) is 271 cm³/mol. The molecule has 0 bridgehead atoms. The molecule has 7 atom stereocenters. The molecule has 0 radical (unpaired) electrons. The van der Waals surface area contributed by atoms with Gasteiger partial charge in [-0.3, -0.25) is 4.79 Å². The van der Waals surface area contributed by atoms with Gasteiger partial charge >= 0.3 is 0 Å². The molecule has 0 aromatic carbocycles. The smallest absolute Gasteiger partial charge is 0.220 e. The summed E-state index contributed by atoms with van der Waals surface area (Å²) < 4.78 is 11.2. The average molecular weight is 904 g/mol. The van der Waals surface area contributed by atoms with E-state index in [0.29, 0.717) is 12.8 Å². The Morgan fingerprint density at radius 1 is 0.538 bits per heavy atom. The van der Waals surface area contributed by atoms with Gasteiger partial charge in [0.2, 0.25) is 5.91 Å². The van der Waals surface area contributed by atoms with Gasteiger partial charge in [0.1, 0.15) is 24.4 Å². The largest absolute Gasteiger partial charge is 0.394 e. The van der Waals surface area contributed by atoms with Crippen molar-refractivity contribution >= 4 is 5.91 Å². The molecule has 6 N–H and O–H groups in total. The Hall–Kier alpha value is -3.67. The summed E-state index contributed by atoms with van der Waals surface area (Å²) in [5, 5.41) is 54.1. The van der Waals surface area contributed by atoms with E-state index >= 15 is 0 Å². The molecule has 1 aliphatic rings. The number of carbonyl (C=O) groups excluding carboxylic acids is 1. The van der Waals surface area contributed by atoms with Gasteiger partial charge in [-0.15, -0.1) is 0 Å². The summed E-state index contributed by atoms with van der Waals surface area (Å²) in [7, 11) is 0. The molecule has 1 fully saturated rings. The van der Waals surface area contributed by atoms with Crippen molar-refractivity contribution in [2.75, 3.05) is 13.2 Å². The van der Waals surface area contributed by atoms with Crippen LogP contribution in [-0.4, -0.2) is 87.5 Å². The predicted octanol–water partition coefficient (Wildman–Crippen LogP) is 11.4. The van der Waals surface area contributed by atoms with E-state index in [4.69, 9.17) is 9.47 Å². The van der Waals surface area contributed by atoms with Crippen LogP contribution in [0.1, 0.15) is 155 Å². The summed E-state index contributed by atoms with van der Waals surface area (Å²) >= 11 is 0. The van der Waals surface area contributed by atoms with E-state index in [1.54, 1.807) is 6.08 Å². The number of unbranched alkanes of at least 4 members (excludes halogenated alkanes) is 9. The second kappa shape index (κ2) is 44.2. The second-order valence-electron chi connectivity index (χ2n) is 16.5. The lowest BCUT2D eigenvalue weighted by molar-refractivity contribution is -0.302. The van der Waals surface area contributed by atoms with Crippen molar-refractivity contribution in [2.24, 2.45) is 0 Å². The Kier molecular flexibility index (Phi) is 40.3. The number of amides is 1. The Morgan fingerprint density at radius 2 is 0.969 bits per heavy atom. The van der Waals surface area contributed by atoms with Crippen LogP contribution in [-0.2, 0) is 14.3 Å². The van der Waals surface area contributed by atoms with E-state index < -0.39 is 49.5 Å². The Bertz CT molecular complexity index is 1470. The fourth-order valence-corrected chi connectivity index (χ4v) is 6.74. The number of ether oxygens (including phenoxy) is 2. The van der Waals surface area contributed by atoms with Crippen LogP contribution >= 0.6 is 0 Å². The molecule has 1 rings (SSSR count). The minimum Gasteiger partial charge on any atom is -0.394 e. The van der Waals surface area contributed by atoms with Crippen molar-refractivity contribution in [3.63, 3.8) is 0 Å². The maximum absolute atomic E-state index is 13.0. The van der Waals surface area contributed by atoms with Crippen molar-refractivity contribution in [3.05, 3.63) is 134 Å². The van der Waals surface area contributed by atoms with Crippen molar-refractivity contribution < 1.29 is 39.8 Å². The number of aliphatic hydroxyl groups excluding tert-OH is 5. The SMILES string of the molecule is CC/C=C\C/C=C\C/C=C\C/C=C\C/C=C\C/C=C\C/C=C\C/C=C\CCCCCCCCC(=O)NC(COC1OC(CO)C(O)C(O)C1O)C(O)/C=C/CC/C=C/CC/C=C/CCC. The first-order valence-electron chi connectivity index (χ1n) is 24.9. The second-order valence-corrected chi connectivity index (χ2v) is 16.5. The van der Waals surface area contributed by atoms with E-state index in [0.717, 1.165) is 128 Å². The molecule has 0 aromatic heterocycles. The number of carbonyl (C=O) groups is 1. The normalized spacial score (nSPS) is 21.1. The van der Waals surface area contributed by atoms with Gasteiger partial charge in [0, 0.05) is 6.42 Å². The number of allylic oxidation sites excluding steroid dienone is 21. The van der Waals surface area contributed by atoms with Crippen LogP contribution in [0.5, 0.6) is 0 Å². The minimum absolute atomic E-state index is 0.215. The number of nitrogens with one attached hydrogen (secondary N) is 1. The summed E-state index contributed by atoms with van der Waals surface area (Å²) in [4.78, 5) is 13.0. The van der Waals surface area contributed by atoms with Gasteiger partial charge in [-0.05, 0) is 103 Å². The van der Waals surface area contributed by atoms with Crippen LogP contribution in [0.25, 0.3) is 0 Å². The maximum atomic E-state index is 13.0. The highest BCUT2D eigenvalue weighted by Crippen LogP contribution is 2.22.